The maximum Gasteiger partial charge on any atom is 0.178 e. The van der Waals surface area contributed by atoms with Gasteiger partial charge in [-0.2, -0.15) is 0 Å². The maximum absolute atomic E-state index is 10.3. The van der Waals surface area contributed by atoms with Crippen LogP contribution in [-0.4, -0.2) is 29.7 Å². The minimum atomic E-state index is -0.764. The van der Waals surface area contributed by atoms with E-state index in [1.165, 1.54) is 38.5 Å². The number of hydrogen-bond acceptors (Lipinski definition) is 3. The highest BCUT2D eigenvalue weighted by molar-refractivity contribution is 4.83. The third-order valence-corrected chi connectivity index (χ3v) is 6.44. The number of aliphatic hydroxyl groups is 1. The predicted molar refractivity (Wildman–Crippen MR) is 94.4 cm³/mol. The van der Waals surface area contributed by atoms with Crippen molar-refractivity contribution in [3.8, 4) is 0 Å². The van der Waals surface area contributed by atoms with Gasteiger partial charge in [-0.15, -0.1) is 0 Å². The molecular formula is C20H38O3. The first-order valence-corrected chi connectivity index (χ1v) is 10.1. The van der Waals surface area contributed by atoms with E-state index < -0.39 is 6.29 Å². The molecule has 2 unspecified atom stereocenters. The van der Waals surface area contributed by atoms with E-state index in [0.717, 1.165) is 43.9 Å². The molecule has 0 aromatic carbocycles. The second kappa shape index (κ2) is 9.39. The molecule has 3 heteroatoms. The molecule has 2 aliphatic rings. The SMILES string of the molecule is CCC(C)C1CCC(OCC(O)OC2(CC)CCCCC2)CC1. The lowest BCUT2D eigenvalue weighted by atomic mass is 9.79. The molecule has 2 fully saturated rings. The zero-order chi connectivity index (χ0) is 16.7. The van der Waals surface area contributed by atoms with Crippen molar-refractivity contribution in [2.24, 2.45) is 11.8 Å². The molecule has 0 saturated heterocycles. The van der Waals surface area contributed by atoms with Gasteiger partial charge < -0.3 is 14.6 Å². The Balaban J connectivity index is 1.67. The summed E-state index contributed by atoms with van der Waals surface area (Å²) in [7, 11) is 0. The summed E-state index contributed by atoms with van der Waals surface area (Å²) < 4.78 is 12.0. The molecule has 0 aromatic heterocycles. The summed E-state index contributed by atoms with van der Waals surface area (Å²) in [4.78, 5) is 0. The molecule has 0 bridgehead atoms. The van der Waals surface area contributed by atoms with E-state index in [-0.39, 0.29) is 5.60 Å². The van der Waals surface area contributed by atoms with Gasteiger partial charge in [0.15, 0.2) is 6.29 Å². The van der Waals surface area contributed by atoms with Crippen LogP contribution in [0.1, 0.15) is 91.4 Å². The van der Waals surface area contributed by atoms with Crippen LogP contribution >= 0.6 is 0 Å². The van der Waals surface area contributed by atoms with Gasteiger partial charge in [-0.3, -0.25) is 0 Å². The van der Waals surface area contributed by atoms with Crippen LogP contribution in [0.5, 0.6) is 0 Å². The van der Waals surface area contributed by atoms with Gasteiger partial charge in [0.1, 0.15) is 0 Å². The lowest BCUT2D eigenvalue weighted by Crippen LogP contribution is -2.40. The average molecular weight is 327 g/mol. The molecule has 0 radical (unpaired) electrons. The van der Waals surface area contributed by atoms with Gasteiger partial charge in [0, 0.05) is 0 Å². The summed E-state index contributed by atoms with van der Waals surface area (Å²) in [5.74, 6) is 1.70. The van der Waals surface area contributed by atoms with Gasteiger partial charge >= 0.3 is 0 Å². The lowest BCUT2D eigenvalue weighted by Gasteiger charge is -2.38. The van der Waals surface area contributed by atoms with Crippen LogP contribution in [-0.2, 0) is 9.47 Å². The van der Waals surface area contributed by atoms with Crippen molar-refractivity contribution in [2.45, 2.75) is 109 Å². The molecule has 23 heavy (non-hydrogen) atoms. The van der Waals surface area contributed by atoms with Crippen molar-refractivity contribution in [1.29, 1.82) is 0 Å². The van der Waals surface area contributed by atoms with E-state index in [1.807, 2.05) is 0 Å². The highest BCUT2D eigenvalue weighted by atomic mass is 16.6. The third-order valence-electron chi connectivity index (χ3n) is 6.44. The fraction of sp³-hybridized carbons (Fsp3) is 1.00. The first-order chi connectivity index (χ1) is 11.1. The molecular weight excluding hydrogens is 288 g/mol. The smallest absolute Gasteiger partial charge is 0.178 e. The fourth-order valence-corrected chi connectivity index (χ4v) is 4.45. The van der Waals surface area contributed by atoms with Crippen molar-refractivity contribution in [3.05, 3.63) is 0 Å². The van der Waals surface area contributed by atoms with Gasteiger partial charge in [0.2, 0.25) is 0 Å². The summed E-state index contributed by atoms with van der Waals surface area (Å²) in [5, 5.41) is 10.3. The molecule has 0 aromatic rings. The van der Waals surface area contributed by atoms with Crippen LogP contribution in [0, 0.1) is 11.8 Å². The Kier molecular flexibility index (Phi) is 7.84. The van der Waals surface area contributed by atoms with E-state index >= 15 is 0 Å². The van der Waals surface area contributed by atoms with Gasteiger partial charge in [0.05, 0.1) is 18.3 Å². The average Bonchev–Trinajstić information content (AvgIpc) is 2.60. The van der Waals surface area contributed by atoms with Crippen molar-refractivity contribution < 1.29 is 14.6 Å². The van der Waals surface area contributed by atoms with Gasteiger partial charge in [-0.25, -0.2) is 0 Å². The molecule has 136 valence electrons. The largest absolute Gasteiger partial charge is 0.373 e. The second-order valence-electron chi connectivity index (χ2n) is 7.93. The van der Waals surface area contributed by atoms with Crippen LogP contribution in [0.25, 0.3) is 0 Å². The maximum atomic E-state index is 10.3. The van der Waals surface area contributed by atoms with E-state index in [9.17, 15) is 5.11 Å². The highest BCUT2D eigenvalue weighted by Crippen LogP contribution is 2.36. The minimum absolute atomic E-state index is 0.102. The third kappa shape index (κ3) is 5.72. The number of hydrogen-bond donors (Lipinski definition) is 1. The predicted octanol–water partition coefficient (Wildman–Crippen LogP) is 5.06. The molecule has 2 saturated carbocycles. The summed E-state index contributed by atoms with van der Waals surface area (Å²) in [6.45, 7) is 7.17. The Morgan fingerprint density at radius 3 is 2.26 bits per heavy atom. The van der Waals surface area contributed by atoms with E-state index in [1.54, 1.807) is 0 Å². The monoisotopic (exact) mass is 326 g/mol. The molecule has 2 rings (SSSR count). The van der Waals surface area contributed by atoms with Crippen molar-refractivity contribution in [1.82, 2.24) is 0 Å². The molecule has 0 aliphatic heterocycles. The Labute approximate surface area is 143 Å². The molecule has 2 aliphatic carbocycles. The molecule has 2 atom stereocenters. The van der Waals surface area contributed by atoms with E-state index in [0.29, 0.717) is 12.7 Å². The van der Waals surface area contributed by atoms with Gasteiger partial charge in [-0.1, -0.05) is 46.5 Å². The minimum Gasteiger partial charge on any atom is -0.373 e. The Morgan fingerprint density at radius 1 is 1.04 bits per heavy atom. The van der Waals surface area contributed by atoms with E-state index in [4.69, 9.17) is 9.47 Å². The van der Waals surface area contributed by atoms with Crippen molar-refractivity contribution in [2.75, 3.05) is 6.61 Å². The Bertz CT molecular complexity index is 317. The van der Waals surface area contributed by atoms with Gasteiger partial charge in [0.25, 0.3) is 0 Å². The molecule has 0 heterocycles. The molecule has 0 spiro atoms. The molecule has 0 amide bonds. The summed E-state index contributed by atoms with van der Waals surface area (Å²) >= 11 is 0. The quantitative estimate of drug-likeness (QED) is 0.634. The number of ether oxygens (including phenoxy) is 2. The van der Waals surface area contributed by atoms with E-state index in [2.05, 4.69) is 20.8 Å². The van der Waals surface area contributed by atoms with Crippen LogP contribution in [0.3, 0.4) is 0 Å². The summed E-state index contributed by atoms with van der Waals surface area (Å²) in [5.41, 5.74) is -0.102. The molecule has 3 nitrogen and oxygen atoms in total. The second-order valence-corrected chi connectivity index (χ2v) is 7.93. The number of rotatable bonds is 8. The number of aliphatic hydroxyl groups excluding tert-OH is 1. The highest BCUT2D eigenvalue weighted by Gasteiger charge is 2.34. The first kappa shape index (κ1) is 19.2. The zero-order valence-corrected chi connectivity index (χ0v) is 15.6. The fourth-order valence-electron chi connectivity index (χ4n) is 4.45. The Morgan fingerprint density at radius 2 is 1.70 bits per heavy atom. The topological polar surface area (TPSA) is 38.7 Å². The summed E-state index contributed by atoms with van der Waals surface area (Å²) in [6.07, 6.45) is 12.6. The van der Waals surface area contributed by atoms with Crippen LogP contribution in [0.2, 0.25) is 0 Å². The summed E-state index contributed by atoms with van der Waals surface area (Å²) in [6, 6.07) is 0. The van der Waals surface area contributed by atoms with Crippen LogP contribution in [0.4, 0.5) is 0 Å². The molecule has 1 N–H and O–H groups in total. The lowest BCUT2D eigenvalue weighted by molar-refractivity contribution is -0.224. The van der Waals surface area contributed by atoms with Crippen LogP contribution < -0.4 is 0 Å². The van der Waals surface area contributed by atoms with Crippen LogP contribution in [0.15, 0.2) is 0 Å². The first-order valence-electron chi connectivity index (χ1n) is 10.1. The normalized spacial score (nSPS) is 30.8. The van der Waals surface area contributed by atoms with Crippen molar-refractivity contribution in [3.63, 3.8) is 0 Å². The Hall–Kier alpha value is -0.120. The standard InChI is InChI=1S/C20H38O3/c1-4-16(3)17-9-11-18(12-10-17)22-15-19(21)23-20(5-2)13-7-6-8-14-20/h16-19,21H,4-15H2,1-3H3. The van der Waals surface area contributed by atoms with Crippen molar-refractivity contribution >= 4 is 0 Å². The zero-order valence-electron chi connectivity index (χ0n) is 15.6. The van der Waals surface area contributed by atoms with Gasteiger partial charge in [-0.05, 0) is 56.8 Å².